The van der Waals surface area contributed by atoms with Crippen molar-refractivity contribution in [3.63, 3.8) is 0 Å². The van der Waals surface area contributed by atoms with Crippen molar-refractivity contribution >= 4 is 11.6 Å². The first-order valence-electron chi connectivity index (χ1n) is 4.64. The maximum absolute atomic E-state index is 11.3. The van der Waals surface area contributed by atoms with Gasteiger partial charge < -0.3 is 10.2 Å². The van der Waals surface area contributed by atoms with Crippen LogP contribution in [0.1, 0.15) is 13.8 Å². The zero-order valence-corrected chi connectivity index (χ0v) is 13.8. The van der Waals surface area contributed by atoms with Gasteiger partial charge in [0.1, 0.15) is 0 Å². The monoisotopic (exact) mass is 372 g/mol. The molecule has 0 spiro atoms. The summed E-state index contributed by atoms with van der Waals surface area (Å²) >= 11 is 0. The largest absolute Gasteiger partial charge is 0.504 e. The molecule has 0 aliphatic heterocycles. The van der Waals surface area contributed by atoms with Crippen LogP contribution in [0.15, 0.2) is 23.7 Å². The van der Waals surface area contributed by atoms with E-state index < -0.39 is 35.4 Å². The van der Waals surface area contributed by atoms with Crippen LogP contribution in [0.4, 0.5) is 26.3 Å². The molecule has 0 aromatic heterocycles. The second-order valence-electron chi connectivity index (χ2n) is 3.28. The van der Waals surface area contributed by atoms with E-state index in [1.165, 1.54) is 0 Å². The van der Waals surface area contributed by atoms with Gasteiger partial charge >= 0.3 is 12.4 Å². The van der Waals surface area contributed by atoms with Gasteiger partial charge in [-0.1, -0.05) is 0 Å². The summed E-state index contributed by atoms with van der Waals surface area (Å²) in [6.45, 7) is 1.84. The SMILES string of the molecule is CC(=O)/C=C(\O)C(F)(F)F.CC(=O)/C=C(\O)C(F)(F)F.[Zn]. The average Bonchev–Trinajstić information content (AvgIpc) is 2.13. The van der Waals surface area contributed by atoms with Gasteiger partial charge in [-0.3, -0.25) is 9.59 Å². The van der Waals surface area contributed by atoms with E-state index in [0.29, 0.717) is 0 Å². The summed E-state index contributed by atoms with van der Waals surface area (Å²) in [6, 6.07) is 0. The second-order valence-corrected chi connectivity index (χ2v) is 3.28. The van der Waals surface area contributed by atoms with Crippen molar-refractivity contribution in [3.05, 3.63) is 23.7 Å². The van der Waals surface area contributed by atoms with Crippen LogP contribution in [-0.4, -0.2) is 34.1 Å². The number of carbonyl (C=O) groups is 2. The van der Waals surface area contributed by atoms with Gasteiger partial charge in [-0.25, -0.2) is 0 Å². The van der Waals surface area contributed by atoms with Gasteiger partial charge in [0.2, 0.25) is 11.5 Å². The van der Waals surface area contributed by atoms with Crippen molar-refractivity contribution in [2.75, 3.05) is 0 Å². The van der Waals surface area contributed by atoms with Crippen molar-refractivity contribution in [2.24, 2.45) is 0 Å². The van der Waals surface area contributed by atoms with Crippen LogP contribution in [-0.2, 0) is 29.1 Å². The molecule has 11 heteroatoms. The summed E-state index contributed by atoms with van der Waals surface area (Å²) in [6.07, 6.45) is -9.38. The van der Waals surface area contributed by atoms with Crippen LogP contribution in [0.2, 0.25) is 0 Å². The van der Waals surface area contributed by atoms with Crippen molar-refractivity contribution < 1.29 is 65.6 Å². The van der Waals surface area contributed by atoms with E-state index in [4.69, 9.17) is 10.2 Å². The van der Waals surface area contributed by atoms with Crippen LogP contribution in [0, 0.1) is 0 Å². The summed E-state index contributed by atoms with van der Waals surface area (Å²) in [4.78, 5) is 19.9. The molecule has 0 aromatic rings. The van der Waals surface area contributed by atoms with Crippen LogP contribution in [0.25, 0.3) is 0 Å². The first-order chi connectivity index (χ1) is 8.67. The van der Waals surface area contributed by atoms with E-state index in [1.807, 2.05) is 0 Å². The molecular formula is C10H10F6O4Zn. The molecule has 0 aromatic carbocycles. The van der Waals surface area contributed by atoms with Gasteiger partial charge in [0.25, 0.3) is 0 Å². The Kier molecular flexibility index (Phi) is 11.2. The molecule has 2 N–H and O–H groups in total. The molecule has 118 valence electrons. The van der Waals surface area contributed by atoms with Crippen molar-refractivity contribution in [2.45, 2.75) is 26.2 Å². The Hall–Kier alpha value is -1.38. The van der Waals surface area contributed by atoms with E-state index in [1.54, 1.807) is 0 Å². The fraction of sp³-hybridized carbons (Fsp3) is 0.400. The van der Waals surface area contributed by atoms with Crippen LogP contribution in [0.5, 0.6) is 0 Å². The third kappa shape index (κ3) is 14.8. The molecule has 0 bridgehead atoms. The molecule has 21 heavy (non-hydrogen) atoms. The molecule has 0 atom stereocenters. The fourth-order valence-electron chi connectivity index (χ4n) is 0.549. The topological polar surface area (TPSA) is 74.6 Å². The molecule has 0 amide bonds. The van der Waals surface area contributed by atoms with Crippen LogP contribution >= 0.6 is 0 Å². The van der Waals surface area contributed by atoms with Gasteiger partial charge in [0.05, 0.1) is 0 Å². The summed E-state index contributed by atoms with van der Waals surface area (Å²) < 4.78 is 68.0. The van der Waals surface area contributed by atoms with Gasteiger partial charge in [0, 0.05) is 31.6 Å². The molecule has 0 saturated carbocycles. The summed E-state index contributed by atoms with van der Waals surface area (Å²) in [5, 5.41) is 16.1. The van der Waals surface area contributed by atoms with Crippen molar-refractivity contribution in [1.29, 1.82) is 0 Å². The second kappa shape index (κ2) is 9.54. The Morgan fingerprint density at radius 2 is 0.952 bits per heavy atom. The van der Waals surface area contributed by atoms with E-state index in [-0.39, 0.29) is 31.6 Å². The van der Waals surface area contributed by atoms with Gasteiger partial charge in [-0.2, -0.15) is 26.3 Å². The molecule has 0 fully saturated rings. The number of aliphatic hydroxyl groups is 2. The Balaban J connectivity index is -0.000000295. The van der Waals surface area contributed by atoms with E-state index in [9.17, 15) is 35.9 Å². The first kappa shape index (κ1) is 24.6. The molecule has 0 aliphatic rings. The number of carbonyl (C=O) groups excluding carboxylic acids is 2. The minimum absolute atomic E-state index is 0. The zero-order valence-electron chi connectivity index (χ0n) is 10.8. The first-order valence-corrected chi connectivity index (χ1v) is 4.64. The molecule has 0 unspecified atom stereocenters. The Morgan fingerprint density at radius 3 is 1.00 bits per heavy atom. The van der Waals surface area contributed by atoms with Gasteiger partial charge in [-0.15, -0.1) is 0 Å². The number of allylic oxidation sites excluding steroid dienone is 4. The number of hydrogen-bond acceptors (Lipinski definition) is 4. The maximum Gasteiger partial charge on any atom is 0.448 e. The van der Waals surface area contributed by atoms with Crippen LogP contribution in [0.3, 0.4) is 0 Å². The number of rotatable bonds is 2. The number of hydrogen-bond donors (Lipinski definition) is 2. The molecular weight excluding hydrogens is 363 g/mol. The van der Waals surface area contributed by atoms with Crippen molar-refractivity contribution in [1.82, 2.24) is 0 Å². The minimum atomic E-state index is -4.81. The number of halogens is 6. The van der Waals surface area contributed by atoms with E-state index in [2.05, 4.69) is 0 Å². The summed E-state index contributed by atoms with van der Waals surface area (Å²) in [7, 11) is 0. The fourth-order valence-corrected chi connectivity index (χ4v) is 0.549. The van der Waals surface area contributed by atoms with Gasteiger partial charge in [-0.05, 0) is 13.8 Å². The smallest absolute Gasteiger partial charge is 0.448 e. The molecule has 0 aliphatic carbocycles. The summed E-state index contributed by atoms with van der Waals surface area (Å²) in [5.41, 5.74) is 0. The third-order valence-corrected chi connectivity index (χ3v) is 1.26. The Morgan fingerprint density at radius 1 is 0.762 bits per heavy atom. The third-order valence-electron chi connectivity index (χ3n) is 1.26. The molecule has 4 nitrogen and oxygen atoms in total. The normalized spacial score (nSPS) is 12.8. The molecule has 0 heterocycles. The predicted octanol–water partition coefficient (Wildman–Crippen LogP) is 3.16. The zero-order chi connectivity index (χ0) is 16.7. The van der Waals surface area contributed by atoms with Gasteiger partial charge in [0.15, 0.2) is 11.6 Å². The molecule has 0 rings (SSSR count). The van der Waals surface area contributed by atoms with Crippen LogP contribution < -0.4 is 0 Å². The van der Waals surface area contributed by atoms with E-state index in [0.717, 1.165) is 13.8 Å². The summed E-state index contributed by atoms with van der Waals surface area (Å²) in [5.74, 6) is -5.40. The average molecular weight is 374 g/mol. The standard InChI is InChI=1S/2C5H5F3O2.Zn/c2*1-3(9)2-4(10)5(6,7)8;/h2*2,10H,1H3;/b2*4-2-;. The molecule has 0 radical (unpaired) electrons. The minimum Gasteiger partial charge on any atom is -0.504 e. The quantitative estimate of drug-likeness (QED) is 0.337. The predicted molar refractivity (Wildman–Crippen MR) is 54.9 cm³/mol. The number of ketones is 2. The molecule has 0 saturated heterocycles. The van der Waals surface area contributed by atoms with E-state index >= 15 is 0 Å². The maximum atomic E-state index is 11.3. The Bertz CT molecular complexity index is 382. The number of alkyl halides is 6. The Labute approximate surface area is 127 Å². The van der Waals surface area contributed by atoms with Crippen molar-refractivity contribution in [3.8, 4) is 0 Å². The number of aliphatic hydroxyl groups excluding tert-OH is 2.